The smallest absolute Gasteiger partial charge is 0.339 e. The largest absolute Gasteiger partial charge is 0.481 e. The van der Waals surface area contributed by atoms with E-state index in [0.717, 1.165) is 5.56 Å². The molecule has 0 bridgehead atoms. The van der Waals surface area contributed by atoms with Crippen molar-refractivity contribution in [1.82, 2.24) is 20.1 Å². The number of pyridine rings is 1. The van der Waals surface area contributed by atoms with Gasteiger partial charge in [-0.2, -0.15) is 5.10 Å². The van der Waals surface area contributed by atoms with Gasteiger partial charge in [0.2, 0.25) is 5.88 Å². The Morgan fingerprint density at radius 2 is 2.20 bits per heavy atom. The molecule has 2 aromatic heterocycles. The van der Waals surface area contributed by atoms with Gasteiger partial charge < -0.3 is 15.2 Å². The van der Waals surface area contributed by atoms with E-state index in [1.807, 2.05) is 6.07 Å². The molecular formula is C13H16N4O3. The van der Waals surface area contributed by atoms with E-state index in [9.17, 15) is 4.79 Å². The van der Waals surface area contributed by atoms with Crippen molar-refractivity contribution in [3.8, 4) is 5.88 Å². The van der Waals surface area contributed by atoms with Crippen LogP contribution in [0.15, 0.2) is 24.5 Å². The van der Waals surface area contributed by atoms with E-state index in [0.29, 0.717) is 24.7 Å². The minimum absolute atomic E-state index is 0.216. The number of ether oxygens (including phenoxy) is 1. The number of carboxylic acids is 1. The number of hydrogen-bond acceptors (Lipinski definition) is 5. The van der Waals surface area contributed by atoms with Crippen molar-refractivity contribution >= 4 is 5.97 Å². The summed E-state index contributed by atoms with van der Waals surface area (Å²) >= 11 is 0. The van der Waals surface area contributed by atoms with Crippen LogP contribution in [-0.4, -0.2) is 33.0 Å². The fourth-order valence-corrected chi connectivity index (χ4v) is 1.81. The molecule has 0 aromatic carbocycles. The number of rotatable bonds is 6. The third-order valence-corrected chi connectivity index (χ3v) is 2.92. The van der Waals surface area contributed by atoms with Gasteiger partial charge in [0.25, 0.3) is 0 Å². The molecule has 7 heteroatoms. The van der Waals surface area contributed by atoms with Gasteiger partial charge in [0.05, 0.1) is 19.0 Å². The predicted molar refractivity (Wildman–Crippen MR) is 71.5 cm³/mol. The second-order valence-electron chi connectivity index (χ2n) is 4.25. The molecule has 106 valence electrons. The van der Waals surface area contributed by atoms with E-state index in [4.69, 9.17) is 9.84 Å². The maximum atomic E-state index is 11.0. The van der Waals surface area contributed by atoms with Gasteiger partial charge in [-0.05, 0) is 5.56 Å². The summed E-state index contributed by atoms with van der Waals surface area (Å²) in [7, 11) is 3.29. The summed E-state index contributed by atoms with van der Waals surface area (Å²) in [5, 5.41) is 16.2. The molecule has 2 rings (SSSR count). The Hall–Kier alpha value is -2.41. The maximum Gasteiger partial charge on any atom is 0.339 e. The zero-order valence-electron chi connectivity index (χ0n) is 11.3. The molecule has 2 aromatic rings. The molecule has 2 N–H and O–H groups in total. The number of carboxylic acid groups (broad SMARTS) is 1. The fraction of sp³-hybridized carbons (Fsp3) is 0.308. The average Bonchev–Trinajstić information content (AvgIpc) is 2.81. The molecule has 2 heterocycles. The molecule has 0 aliphatic carbocycles. The minimum atomic E-state index is -0.971. The van der Waals surface area contributed by atoms with Crippen molar-refractivity contribution in [2.75, 3.05) is 7.11 Å². The van der Waals surface area contributed by atoms with Crippen LogP contribution in [0.25, 0.3) is 0 Å². The molecule has 0 aliphatic heterocycles. The van der Waals surface area contributed by atoms with Gasteiger partial charge in [-0.25, -0.2) is 9.78 Å². The van der Waals surface area contributed by atoms with Crippen molar-refractivity contribution in [3.63, 3.8) is 0 Å². The molecule has 20 heavy (non-hydrogen) atoms. The van der Waals surface area contributed by atoms with Crippen LogP contribution in [0.3, 0.4) is 0 Å². The Balaban J connectivity index is 1.95. The van der Waals surface area contributed by atoms with Gasteiger partial charge in [0.1, 0.15) is 5.56 Å². The summed E-state index contributed by atoms with van der Waals surface area (Å²) in [4.78, 5) is 15.1. The lowest BCUT2D eigenvalue weighted by Crippen LogP contribution is -2.17. The van der Waals surface area contributed by atoms with E-state index < -0.39 is 5.97 Å². The summed E-state index contributed by atoms with van der Waals surface area (Å²) < 4.78 is 6.54. The van der Waals surface area contributed by atoms with Gasteiger partial charge in [-0.3, -0.25) is 4.68 Å². The summed E-state index contributed by atoms with van der Waals surface area (Å²) in [6.07, 6.45) is 3.07. The molecule has 0 saturated heterocycles. The summed E-state index contributed by atoms with van der Waals surface area (Å²) in [6.45, 7) is 1.01. The number of nitrogens with one attached hydrogen (secondary N) is 1. The Morgan fingerprint density at radius 1 is 1.40 bits per heavy atom. The third-order valence-electron chi connectivity index (χ3n) is 2.92. The summed E-state index contributed by atoms with van der Waals surface area (Å²) in [5.41, 5.74) is 1.84. The third kappa shape index (κ3) is 3.12. The van der Waals surface area contributed by atoms with Crippen molar-refractivity contribution in [2.45, 2.75) is 13.1 Å². The predicted octanol–water partition coefficient (Wildman–Crippen LogP) is 0.812. The van der Waals surface area contributed by atoms with Crippen molar-refractivity contribution in [1.29, 1.82) is 0 Å². The number of aromatic nitrogens is 3. The number of hydrogen-bond donors (Lipinski definition) is 2. The van der Waals surface area contributed by atoms with Gasteiger partial charge >= 0.3 is 5.97 Å². The van der Waals surface area contributed by atoms with Crippen LogP contribution in [0, 0.1) is 0 Å². The molecule has 0 fully saturated rings. The van der Waals surface area contributed by atoms with Crippen LogP contribution in [0.1, 0.15) is 21.6 Å². The van der Waals surface area contributed by atoms with Gasteiger partial charge in [0, 0.05) is 32.4 Å². The number of methoxy groups -OCH3 is 1. The Kier molecular flexibility index (Phi) is 4.31. The van der Waals surface area contributed by atoms with Crippen LogP contribution in [0.2, 0.25) is 0 Å². The van der Waals surface area contributed by atoms with E-state index in [1.165, 1.54) is 6.20 Å². The van der Waals surface area contributed by atoms with Crippen LogP contribution < -0.4 is 10.1 Å². The van der Waals surface area contributed by atoms with Crippen molar-refractivity contribution < 1.29 is 14.6 Å². The highest BCUT2D eigenvalue weighted by Crippen LogP contribution is 2.09. The minimum Gasteiger partial charge on any atom is -0.481 e. The number of nitrogens with zero attached hydrogens (tertiary/aromatic N) is 3. The normalized spacial score (nSPS) is 10.5. The zero-order chi connectivity index (χ0) is 14.5. The molecule has 0 radical (unpaired) electrons. The summed E-state index contributed by atoms with van der Waals surface area (Å²) in [6, 6.07) is 3.68. The molecule has 0 aliphatic rings. The van der Waals surface area contributed by atoms with Crippen LogP contribution >= 0.6 is 0 Å². The molecule has 0 amide bonds. The van der Waals surface area contributed by atoms with E-state index in [1.54, 1.807) is 31.1 Å². The second kappa shape index (κ2) is 6.16. The molecule has 0 unspecified atom stereocenters. The molecule has 0 spiro atoms. The Morgan fingerprint density at radius 3 is 2.80 bits per heavy atom. The number of carbonyl (C=O) groups is 1. The van der Waals surface area contributed by atoms with Crippen molar-refractivity contribution in [3.05, 3.63) is 41.3 Å². The first kappa shape index (κ1) is 14.0. The molecular weight excluding hydrogens is 260 g/mol. The first-order chi connectivity index (χ1) is 9.61. The zero-order valence-corrected chi connectivity index (χ0v) is 11.3. The maximum absolute atomic E-state index is 11.0. The van der Waals surface area contributed by atoms with Crippen LogP contribution in [0.5, 0.6) is 5.88 Å². The Bertz CT molecular complexity index is 592. The first-order valence-electron chi connectivity index (χ1n) is 6.05. The molecule has 0 atom stereocenters. The average molecular weight is 276 g/mol. The lowest BCUT2D eigenvalue weighted by molar-refractivity contribution is 0.0695. The first-order valence-corrected chi connectivity index (χ1v) is 6.05. The monoisotopic (exact) mass is 276 g/mol. The van der Waals surface area contributed by atoms with Crippen molar-refractivity contribution in [2.24, 2.45) is 7.05 Å². The number of aromatic carboxylic acids is 1. The SMILES string of the molecule is COc1ccc(CNCc2c(C(=O)O)cnn2C)cn1. The Labute approximate surface area is 116 Å². The quantitative estimate of drug-likeness (QED) is 0.811. The molecule has 7 nitrogen and oxygen atoms in total. The van der Waals surface area contributed by atoms with Gasteiger partial charge in [-0.1, -0.05) is 6.07 Å². The van der Waals surface area contributed by atoms with Gasteiger partial charge in [0.15, 0.2) is 0 Å². The van der Waals surface area contributed by atoms with Gasteiger partial charge in [-0.15, -0.1) is 0 Å². The summed E-state index contributed by atoms with van der Waals surface area (Å²) in [5.74, 6) is -0.408. The molecule has 0 saturated carbocycles. The van der Waals surface area contributed by atoms with Crippen LogP contribution in [-0.2, 0) is 20.1 Å². The highest BCUT2D eigenvalue weighted by molar-refractivity contribution is 5.88. The highest BCUT2D eigenvalue weighted by atomic mass is 16.5. The fourth-order valence-electron chi connectivity index (χ4n) is 1.81. The lowest BCUT2D eigenvalue weighted by Gasteiger charge is -2.07. The lowest BCUT2D eigenvalue weighted by atomic mass is 10.2. The highest BCUT2D eigenvalue weighted by Gasteiger charge is 2.14. The van der Waals surface area contributed by atoms with E-state index in [2.05, 4.69) is 15.4 Å². The van der Waals surface area contributed by atoms with E-state index >= 15 is 0 Å². The topological polar surface area (TPSA) is 89.3 Å². The second-order valence-corrected chi connectivity index (χ2v) is 4.25. The number of aryl methyl sites for hydroxylation is 1. The van der Waals surface area contributed by atoms with E-state index in [-0.39, 0.29) is 5.56 Å². The standard InChI is InChI=1S/C13H16N4O3/c1-17-11(10(7-16-17)13(18)19)8-14-5-9-3-4-12(20-2)15-6-9/h3-4,6-7,14H,5,8H2,1-2H3,(H,18,19). The van der Waals surface area contributed by atoms with Crippen LogP contribution in [0.4, 0.5) is 0 Å².